The van der Waals surface area contributed by atoms with Gasteiger partial charge in [0.15, 0.2) is 0 Å². The van der Waals surface area contributed by atoms with Crippen LogP contribution in [0.15, 0.2) is 54.1 Å². The van der Waals surface area contributed by atoms with Crippen molar-refractivity contribution in [2.75, 3.05) is 31.1 Å². The van der Waals surface area contributed by atoms with Crippen molar-refractivity contribution >= 4 is 17.6 Å². The summed E-state index contributed by atoms with van der Waals surface area (Å²) in [6.45, 7) is 5.97. The van der Waals surface area contributed by atoms with E-state index in [-0.39, 0.29) is 12.0 Å². The maximum atomic E-state index is 10.8. The Morgan fingerprint density at radius 3 is 2.32 bits per heavy atom. The lowest BCUT2D eigenvalue weighted by Gasteiger charge is -2.29. The Labute approximate surface area is 147 Å². The predicted molar refractivity (Wildman–Crippen MR) is 96.7 cm³/mol. The third-order valence-electron chi connectivity index (χ3n) is 4.32. The van der Waals surface area contributed by atoms with Crippen molar-refractivity contribution in [1.29, 1.82) is 0 Å². The molecule has 0 spiro atoms. The molecule has 0 aromatic heterocycles. The topological polar surface area (TPSA) is 89.9 Å². The van der Waals surface area contributed by atoms with Gasteiger partial charge in [-0.2, -0.15) is 0 Å². The summed E-state index contributed by atoms with van der Waals surface area (Å²) in [4.78, 5) is 23.8. The molecule has 0 bridgehead atoms. The van der Waals surface area contributed by atoms with Crippen LogP contribution < -0.4 is 10.2 Å². The first-order valence-electron chi connectivity index (χ1n) is 8.28. The molecule has 0 radical (unpaired) electrons. The second-order valence-corrected chi connectivity index (χ2v) is 6.33. The van der Waals surface area contributed by atoms with Crippen LogP contribution in [0.3, 0.4) is 0 Å². The monoisotopic (exact) mass is 344 g/mol. The molecule has 25 heavy (non-hydrogen) atoms. The van der Waals surface area contributed by atoms with Crippen LogP contribution in [-0.4, -0.2) is 48.3 Å². The SMILES string of the molecule is C[C@@]1(C(=O)O)C=CC=C(C(=O)O)C1.c1ccc(N2CCNCC2)cc1. The number of hydrogen-bond donors (Lipinski definition) is 3. The summed E-state index contributed by atoms with van der Waals surface area (Å²) in [5, 5.41) is 20.8. The van der Waals surface area contributed by atoms with Crippen molar-refractivity contribution < 1.29 is 19.8 Å². The first kappa shape index (κ1) is 18.7. The van der Waals surface area contributed by atoms with Gasteiger partial charge in [-0.25, -0.2) is 4.79 Å². The number of anilines is 1. The fourth-order valence-corrected chi connectivity index (χ4v) is 2.75. The highest BCUT2D eigenvalue weighted by Gasteiger charge is 2.34. The summed E-state index contributed by atoms with van der Waals surface area (Å²) in [6, 6.07) is 10.6. The molecule has 1 aromatic carbocycles. The van der Waals surface area contributed by atoms with E-state index in [1.54, 1.807) is 0 Å². The standard InChI is InChI=1S/C10H14N2.C9H10O4/c1-2-4-10(5-3-1)12-8-6-11-7-9-12;1-9(8(12)13)4-2-3-6(5-9)7(10)11/h1-5,11H,6-9H2;2-4H,5H2,1H3,(H,10,11)(H,12,13)/t;9-/m.1/s1. The molecule has 1 atom stereocenters. The van der Waals surface area contributed by atoms with Gasteiger partial charge in [0.1, 0.15) is 0 Å². The van der Waals surface area contributed by atoms with Crippen LogP contribution in [0.2, 0.25) is 0 Å². The molecule has 1 aliphatic heterocycles. The molecular formula is C19H24N2O4. The molecule has 0 saturated carbocycles. The Balaban J connectivity index is 0.000000181. The van der Waals surface area contributed by atoms with E-state index in [4.69, 9.17) is 10.2 Å². The molecule has 6 nitrogen and oxygen atoms in total. The summed E-state index contributed by atoms with van der Waals surface area (Å²) < 4.78 is 0. The van der Waals surface area contributed by atoms with Gasteiger partial charge in [0.25, 0.3) is 0 Å². The molecule has 1 aromatic rings. The molecule has 1 saturated heterocycles. The minimum atomic E-state index is -1.08. The molecule has 0 amide bonds. The van der Waals surface area contributed by atoms with Crippen LogP contribution >= 0.6 is 0 Å². The lowest BCUT2D eigenvalue weighted by molar-refractivity contribution is -0.145. The number of benzene rings is 1. The fraction of sp³-hybridized carbons (Fsp3) is 0.368. The highest BCUT2D eigenvalue weighted by Crippen LogP contribution is 2.31. The van der Waals surface area contributed by atoms with Crippen molar-refractivity contribution in [3.05, 3.63) is 54.1 Å². The van der Waals surface area contributed by atoms with Gasteiger partial charge in [-0.1, -0.05) is 36.4 Å². The largest absolute Gasteiger partial charge is 0.481 e. The molecule has 1 heterocycles. The van der Waals surface area contributed by atoms with Gasteiger partial charge < -0.3 is 20.4 Å². The van der Waals surface area contributed by atoms with Gasteiger partial charge in [-0.15, -0.1) is 0 Å². The molecule has 6 heteroatoms. The predicted octanol–water partition coefficient (Wildman–Crippen LogP) is 2.14. The zero-order valence-corrected chi connectivity index (χ0v) is 14.3. The molecule has 0 unspecified atom stereocenters. The number of allylic oxidation sites excluding steroid dienone is 2. The van der Waals surface area contributed by atoms with Gasteiger partial charge in [0, 0.05) is 37.4 Å². The van der Waals surface area contributed by atoms with Crippen LogP contribution in [0.5, 0.6) is 0 Å². The highest BCUT2D eigenvalue weighted by molar-refractivity contribution is 5.90. The van der Waals surface area contributed by atoms with E-state index in [0.29, 0.717) is 0 Å². The minimum absolute atomic E-state index is 0.0359. The Kier molecular flexibility index (Phi) is 6.36. The zero-order chi connectivity index (χ0) is 18.3. The summed E-state index contributed by atoms with van der Waals surface area (Å²) in [6.07, 6.45) is 4.43. The van der Waals surface area contributed by atoms with Crippen LogP contribution in [0.1, 0.15) is 13.3 Å². The molecule has 3 N–H and O–H groups in total. The Morgan fingerprint density at radius 2 is 1.76 bits per heavy atom. The van der Waals surface area contributed by atoms with Gasteiger partial charge in [-0.05, 0) is 25.5 Å². The molecule has 3 rings (SSSR count). The Morgan fingerprint density at radius 1 is 1.12 bits per heavy atom. The third kappa shape index (κ3) is 5.19. The van der Waals surface area contributed by atoms with Crippen molar-refractivity contribution in [1.82, 2.24) is 5.32 Å². The van der Waals surface area contributed by atoms with Gasteiger partial charge in [-0.3, -0.25) is 4.79 Å². The van der Waals surface area contributed by atoms with E-state index in [2.05, 4.69) is 40.5 Å². The molecule has 2 aliphatic rings. The lowest BCUT2D eigenvalue weighted by atomic mass is 9.80. The van der Waals surface area contributed by atoms with Crippen LogP contribution in [0.4, 0.5) is 5.69 Å². The van der Waals surface area contributed by atoms with E-state index < -0.39 is 17.4 Å². The number of carboxylic acid groups (broad SMARTS) is 2. The quantitative estimate of drug-likeness (QED) is 0.778. The number of aliphatic carboxylic acids is 2. The zero-order valence-electron chi connectivity index (χ0n) is 14.3. The Bertz CT molecular complexity index is 663. The second kappa shape index (κ2) is 8.48. The number of rotatable bonds is 3. The molecular weight excluding hydrogens is 320 g/mol. The van der Waals surface area contributed by atoms with E-state index in [1.165, 1.54) is 30.8 Å². The molecule has 1 aliphatic carbocycles. The number of carboxylic acids is 2. The maximum absolute atomic E-state index is 10.8. The van der Waals surface area contributed by atoms with Crippen LogP contribution in [0, 0.1) is 5.41 Å². The smallest absolute Gasteiger partial charge is 0.331 e. The number of para-hydroxylation sites is 1. The fourth-order valence-electron chi connectivity index (χ4n) is 2.75. The number of piperazine rings is 1. The van der Waals surface area contributed by atoms with E-state index >= 15 is 0 Å². The molecule has 134 valence electrons. The van der Waals surface area contributed by atoms with Crippen molar-refractivity contribution in [2.45, 2.75) is 13.3 Å². The van der Waals surface area contributed by atoms with Gasteiger partial charge in [0.2, 0.25) is 0 Å². The highest BCUT2D eigenvalue weighted by atomic mass is 16.4. The first-order chi connectivity index (χ1) is 11.9. The summed E-state index contributed by atoms with van der Waals surface area (Å²) in [5.74, 6) is -2.06. The first-order valence-corrected chi connectivity index (χ1v) is 8.28. The van der Waals surface area contributed by atoms with Crippen molar-refractivity contribution in [3.8, 4) is 0 Å². The third-order valence-corrected chi connectivity index (χ3v) is 4.32. The number of hydrogen-bond acceptors (Lipinski definition) is 4. The Hall–Kier alpha value is -2.60. The number of nitrogens with one attached hydrogen (secondary N) is 1. The second-order valence-electron chi connectivity index (χ2n) is 6.33. The van der Waals surface area contributed by atoms with E-state index in [9.17, 15) is 9.59 Å². The summed E-state index contributed by atoms with van der Waals surface area (Å²) >= 11 is 0. The average Bonchev–Trinajstić information content (AvgIpc) is 2.64. The lowest BCUT2D eigenvalue weighted by Crippen LogP contribution is -2.43. The summed E-state index contributed by atoms with van der Waals surface area (Å²) in [5.41, 5.74) is 0.397. The average molecular weight is 344 g/mol. The minimum Gasteiger partial charge on any atom is -0.481 e. The number of carbonyl (C=O) groups is 2. The maximum Gasteiger partial charge on any atom is 0.331 e. The number of nitrogens with zero attached hydrogens (tertiary/aromatic N) is 1. The van der Waals surface area contributed by atoms with E-state index in [0.717, 1.165) is 26.2 Å². The van der Waals surface area contributed by atoms with Crippen molar-refractivity contribution in [3.63, 3.8) is 0 Å². The van der Waals surface area contributed by atoms with Crippen LogP contribution in [0.25, 0.3) is 0 Å². The van der Waals surface area contributed by atoms with Crippen molar-refractivity contribution in [2.24, 2.45) is 5.41 Å². The van der Waals surface area contributed by atoms with Crippen LogP contribution in [-0.2, 0) is 9.59 Å². The normalized spacial score (nSPS) is 22.4. The van der Waals surface area contributed by atoms with E-state index in [1.807, 2.05) is 0 Å². The summed E-state index contributed by atoms with van der Waals surface area (Å²) in [7, 11) is 0. The van der Waals surface area contributed by atoms with Gasteiger partial charge >= 0.3 is 11.9 Å². The molecule has 1 fully saturated rings. The van der Waals surface area contributed by atoms with Gasteiger partial charge in [0.05, 0.1) is 5.41 Å².